The van der Waals surface area contributed by atoms with E-state index < -0.39 is 0 Å². The van der Waals surface area contributed by atoms with E-state index >= 15 is 0 Å². The highest BCUT2D eigenvalue weighted by molar-refractivity contribution is 5.05. The molecule has 1 heteroatoms. The molecule has 6 atom stereocenters. The average Bonchev–Trinajstić information content (AvgIpc) is 2.56. The molecule has 1 spiro atoms. The third-order valence-electron chi connectivity index (χ3n) is 6.72. The Morgan fingerprint density at radius 3 is 2.11 bits per heavy atom. The van der Waals surface area contributed by atoms with Gasteiger partial charge < -0.3 is 5.73 Å². The fourth-order valence-electron chi connectivity index (χ4n) is 5.93. The third-order valence-corrected chi connectivity index (χ3v) is 6.72. The van der Waals surface area contributed by atoms with Crippen LogP contribution in [0.4, 0.5) is 0 Å². The van der Waals surface area contributed by atoms with E-state index in [1.807, 2.05) is 0 Å². The second-order valence-electron chi connectivity index (χ2n) is 8.35. The Labute approximate surface area is 119 Å². The Balaban J connectivity index is 1.82. The van der Waals surface area contributed by atoms with Crippen LogP contribution in [-0.2, 0) is 0 Å². The Kier molecular flexibility index (Phi) is 3.95. The minimum absolute atomic E-state index is 0.513. The molecule has 0 aromatic carbocycles. The third kappa shape index (κ3) is 2.60. The summed E-state index contributed by atoms with van der Waals surface area (Å²) < 4.78 is 0. The van der Waals surface area contributed by atoms with Crippen LogP contribution in [0.3, 0.4) is 0 Å². The summed E-state index contributed by atoms with van der Waals surface area (Å²) in [5.74, 6) is 3.63. The minimum atomic E-state index is 0.513. The van der Waals surface area contributed by atoms with Gasteiger partial charge in [0.1, 0.15) is 0 Å². The highest BCUT2D eigenvalue weighted by Crippen LogP contribution is 2.57. The molecule has 0 saturated heterocycles. The fourth-order valence-corrected chi connectivity index (χ4v) is 5.93. The summed E-state index contributed by atoms with van der Waals surface area (Å²) >= 11 is 0. The molecule has 0 aliphatic heterocycles. The van der Waals surface area contributed by atoms with Crippen molar-refractivity contribution >= 4 is 0 Å². The SMILES string of the molecule is C[C@@H]1CC[C@H](C)CC2(CC3CCCCCC3[C@H]2N)C1. The van der Waals surface area contributed by atoms with Gasteiger partial charge in [-0.1, -0.05) is 52.4 Å². The zero-order valence-electron chi connectivity index (χ0n) is 13.0. The molecule has 0 aromatic heterocycles. The van der Waals surface area contributed by atoms with Gasteiger partial charge in [-0.05, 0) is 54.8 Å². The van der Waals surface area contributed by atoms with E-state index in [1.54, 1.807) is 0 Å². The molecule has 1 nitrogen and oxygen atoms in total. The van der Waals surface area contributed by atoms with Crippen LogP contribution in [-0.4, -0.2) is 6.04 Å². The van der Waals surface area contributed by atoms with Crippen LogP contribution in [0, 0.1) is 29.1 Å². The molecule has 2 N–H and O–H groups in total. The van der Waals surface area contributed by atoms with Gasteiger partial charge in [-0.3, -0.25) is 0 Å². The number of hydrogen-bond donors (Lipinski definition) is 1. The van der Waals surface area contributed by atoms with Gasteiger partial charge in [0.15, 0.2) is 0 Å². The normalized spacial score (nSPS) is 51.6. The van der Waals surface area contributed by atoms with Gasteiger partial charge in [0.05, 0.1) is 0 Å². The molecule has 3 fully saturated rings. The molecule has 0 heterocycles. The van der Waals surface area contributed by atoms with Crippen molar-refractivity contribution in [2.24, 2.45) is 34.8 Å². The molecule has 0 bridgehead atoms. The van der Waals surface area contributed by atoms with Gasteiger partial charge in [0, 0.05) is 6.04 Å². The molecular weight excluding hydrogens is 230 g/mol. The van der Waals surface area contributed by atoms with E-state index in [4.69, 9.17) is 5.73 Å². The number of rotatable bonds is 0. The second-order valence-corrected chi connectivity index (χ2v) is 8.35. The van der Waals surface area contributed by atoms with E-state index in [2.05, 4.69) is 13.8 Å². The van der Waals surface area contributed by atoms with Gasteiger partial charge in [0.25, 0.3) is 0 Å². The van der Waals surface area contributed by atoms with Crippen LogP contribution in [0.1, 0.15) is 78.1 Å². The topological polar surface area (TPSA) is 26.0 Å². The molecular formula is C18H33N. The van der Waals surface area contributed by atoms with Crippen LogP contribution in [0.25, 0.3) is 0 Å². The van der Waals surface area contributed by atoms with E-state index in [0.717, 1.165) is 23.7 Å². The molecule has 110 valence electrons. The van der Waals surface area contributed by atoms with E-state index in [1.165, 1.54) is 64.2 Å². The lowest BCUT2D eigenvalue weighted by molar-refractivity contribution is 0.161. The number of fused-ring (bicyclic) bond motifs is 1. The van der Waals surface area contributed by atoms with Crippen LogP contribution in [0.15, 0.2) is 0 Å². The second kappa shape index (κ2) is 5.39. The van der Waals surface area contributed by atoms with Crippen molar-refractivity contribution in [3.8, 4) is 0 Å². The van der Waals surface area contributed by atoms with Gasteiger partial charge in [0.2, 0.25) is 0 Å². The molecule has 3 aliphatic rings. The maximum Gasteiger partial charge on any atom is 0.0127 e. The first-order valence-corrected chi connectivity index (χ1v) is 8.86. The predicted octanol–water partition coefficient (Wildman–Crippen LogP) is 4.75. The zero-order valence-corrected chi connectivity index (χ0v) is 13.0. The Hall–Kier alpha value is -0.0400. The van der Waals surface area contributed by atoms with Crippen molar-refractivity contribution in [2.75, 3.05) is 0 Å². The van der Waals surface area contributed by atoms with Crippen LogP contribution < -0.4 is 5.73 Å². The van der Waals surface area contributed by atoms with Crippen LogP contribution in [0.5, 0.6) is 0 Å². The Morgan fingerprint density at radius 2 is 1.42 bits per heavy atom. The lowest BCUT2D eigenvalue weighted by Crippen LogP contribution is -2.42. The molecule has 0 amide bonds. The Morgan fingerprint density at radius 1 is 0.789 bits per heavy atom. The molecule has 19 heavy (non-hydrogen) atoms. The lowest BCUT2D eigenvalue weighted by atomic mass is 9.71. The molecule has 3 rings (SSSR count). The highest BCUT2D eigenvalue weighted by atomic mass is 14.8. The zero-order chi connectivity index (χ0) is 13.5. The molecule has 0 radical (unpaired) electrons. The summed E-state index contributed by atoms with van der Waals surface area (Å²) in [6.45, 7) is 4.95. The standard InChI is InChI=1S/C18H33N/c1-13-8-9-14(2)11-18(10-13)12-15-6-4-3-5-7-16(15)17(18)19/h13-17H,3-12,19H2,1-2H3/t13-,14+,15?,16?,17-,18?/m1/s1. The molecule has 3 aliphatic carbocycles. The maximum atomic E-state index is 6.86. The smallest absolute Gasteiger partial charge is 0.0127 e. The maximum absolute atomic E-state index is 6.86. The quantitative estimate of drug-likeness (QED) is 0.671. The van der Waals surface area contributed by atoms with E-state index in [-0.39, 0.29) is 0 Å². The van der Waals surface area contributed by atoms with Crippen molar-refractivity contribution in [1.29, 1.82) is 0 Å². The van der Waals surface area contributed by atoms with Crippen molar-refractivity contribution in [3.63, 3.8) is 0 Å². The molecule has 3 saturated carbocycles. The number of nitrogens with two attached hydrogens (primary N) is 1. The van der Waals surface area contributed by atoms with E-state index in [0.29, 0.717) is 11.5 Å². The first kappa shape index (κ1) is 13.9. The van der Waals surface area contributed by atoms with Gasteiger partial charge in [-0.15, -0.1) is 0 Å². The van der Waals surface area contributed by atoms with Crippen molar-refractivity contribution < 1.29 is 0 Å². The van der Waals surface area contributed by atoms with Crippen molar-refractivity contribution in [1.82, 2.24) is 0 Å². The van der Waals surface area contributed by atoms with E-state index in [9.17, 15) is 0 Å². The summed E-state index contributed by atoms with van der Waals surface area (Å²) in [6.07, 6.45) is 14.4. The monoisotopic (exact) mass is 263 g/mol. The van der Waals surface area contributed by atoms with Crippen molar-refractivity contribution in [3.05, 3.63) is 0 Å². The first-order valence-electron chi connectivity index (χ1n) is 8.86. The van der Waals surface area contributed by atoms with Crippen molar-refractivity contribution in [2.45, 2.75) is 84.1 Å². The fraction of sp³-hybridized carbons (Fsp3) is 1.00. The largest absolute Gasteiger partial charge is 0.327 e. The summed E-state index contributed by atoms with van der Waals surface area (Å²) in [6, 6.07) is 0.513. The molecule has 0 aromatic rings. The Bertz CT molecular complexity index is 299. The highest BCUT2D eigenvalue weighted by Gasteiger charge is 2.52. The number of hydrogen-bond acceptors (Lipinski definition) is 1. The summed E-state index contributed by atoms with van der Waals surface area (Å²) in [5.41, 5.74) is 7.38. The summed E-state index contributed by atoms with van der Waals surface area (Å²) in [5, 5.41) is 0. The lowest BCUT2D eigenvalue weighted by Gasteiger charge is -2.37. The molecule has 3 unspecified atom stereocenters. The summed E-state index contributed by atoms with van der Waals surface area (Å²) in [7, 11) is 0. The minimum Gasteiger partial charge on any atom is -0.327 e. The average molecular weight is 263 g/mol. The van der Waals surface area contributed by atoms with Gasteiger partial charge in [-0.25, -0.2) is 0 Å². The predicted molar refractivity (Wildman–Crippen MR) is 81.9 cm³/mol. The summed E-state index contributed by atoms with van der Waals surface area (Å²) in [4.78, 5) is 0. The first-order chi connectivity index (χ1) is 9.11. The van der Waals surface area contributed by atoms with Crippen LogP contribution in [0.2, 0.25) is 0 Å². The van der Waals surface area contributed by atoms with Gasteiger partial charge >= 0.3 is 0 Å². The van der Waals surface area contributed by atoms with Gasteiger partial charge in [-0.2, -0.15) is 0 Å². The van der Waals surface area contributed by atoms with Crippen LogP contribution >= 0.6 is 0 Å².